The number of benzene rings is 1. The van der Waals surface area contributed by atoms with Crippen molar-refractivity contribution >= 4 is 5.91 Å². The second kappa shape index (κ2) is 7.29. The van der Waals surface area contributed by atoms with Crippen molar-refractivity contribution < 1.29 is 9.53 Å². The summed E-state index contributed by atoms with van der Waals surface area (Å²) < 4.78 is 5.61. The lowest BCUT2D eigenvalue weighted by atomic mass is 10.1. The van der Waals surface area contributed by atoms with Crippen LogP contribution in [0, 0.1) is 0 Å². The summed E-state index contributed by atoms with van der Waals surface area (Å²) >= 11 is 0. The van der Waals surface area contributed by atoms with E-state index in [0.717, 1.165) is 50.4 Å². The topological polar surface area (TPSA) is 41.6 Å². The van der Waals surface area contributed by atoms with Gasteiger partial charge in [-0.05, 0) is 37.6 Å². The van der Waals surface area contributed by atoms with Gasteiger partial charge in [-0.3, -0.25) is 4.79 Å². The first-order valence-electron chi connectivity index (χ1n) is 7.47. The summed E-state index contributed by atoms with van der Waals surface area (Å²) in [5.41, 5.74) is 0.738. The van der Waals surface area contributed by atoms with E-state index in [1.165, 1.54) is 0 Å². The molecule has 1 atom stereocenters. The van der Waals surface area contributed by atoms with Crippen LogP contribution in [-0.4, -0.2) is 43.1 Å². The predicted molar refractivity (Wildman–Crippen MR) is 80.2 cm³/mol. The van der Waals surface area contributed by atoms with Crippen molar-refractivity contribution in [3.05, 3.63) is 29.8 Å². The highest BCUT2D eigenvalue weighted by molar-refractivity contribution is 5.94. The number of rotatable bonds is 5. The maximum atomic E-state index is 12.4. The van der Waals surface area contributed by atoms with Crippen LogP contribution in [0.25, 0.3) is 0 Å². The average molecular weight is 276 g/mol. The molecule has 4 heteroatoms. The highest BCUT2D eigenvalue weighted by atomic mass is 16.5. The second-order valence-corrected chi connectivity index (χ2v) is 5.28. The number of nitrogens with zero attached hydrogens (tertiary/aromatic N) is 1. The third-order valence-electron chi connectivity index (χ3n) is 3.63. The number of ether oxygens (including phenoxy) is 1. The van der Waals surface area contributed by atoms with Crippen molar-refractivity contribution in [2.24, 2.45) is 0 Å². The van der Waals surface area contributed by atoms with E-state index in [1.807, 2.05) is 29.2 Å². The molecule has 0 saturated carbocycles. The number of piperazine rings is 1. The highest BCUT2D eigenvalue weighted by Crippen LogP contribution is 2.16. The Labute approximate surface area is 121 Å². The molecule has 0 aromatic heterocycles. The molecule has 110 valence electrons. The zero-order valence-electron chi connectivity index (χ0n) is 12.4. The Kier molecular flexibility index (Phi) is 5.41. The van der Waals surface area contributed by atoms with Crippen LogP contribution in [0.5, 0.6) is 5.75 Å². The highest BCUT2D eigenvalue weighted by Gasteiger charge is 2.23. The molecule has 4 nitrogen and oxygen atoms in total. The van der Waals surface area contributed by atoms with Crippen LogP contribution >= 0.6 is 0 Å². The van der Waals surface area contributed by atoms with E-state index < -0.39 is 0 Å². The zero-order valence-corrected chi connectivity index (χ0v) is 12.4. The first-order chi connectivity index (χ1) is 9.72. The quantitative estimate of drug-likeness (QED) is 0.839. The normalized spacial score (nSPS) is 18.9. The lowest BCUT2D eigenvalue weighted by Crippen LogP contribution is -2.52. The van der Waals surface area contributed by atoms with Crippen molar-refractivity contribution in [1.29, 1.82) is 0 Å². The number of nitrogens with one attached hydrogen (secondary N) is 1. The Morgan fingerprint density at radius 2 is 2.15 bits per heavy atom. The van der Waals surface area contributed by atoms with Gasteiger partial charge in [-0.1, -0.05) is 13.3 Å². The predicted octanol–water partition coefficient (Wildman–Crippen LogP) is 2.30. The number of hydrogen-bond donors (Lipinski definition) is 1. The fraction of sp³-hybridized carbons (Fsp3) is 0.562. The maximum absolute atomic E-state index is 12.4. The largest absolute Gasteiger partial charge is 0.494 e. The summed E-state index contributed by atoms with van der Waals surface area (Å²) in [6.07, 6.45) is 2.18. The Balaban J connectivity index is 1.96. The Bertz CT molecular complexity index is 431. The molecule has 0 unspecified atom stereocenters. The van der Waals surface area contributed by atoms with Gasteiger partial charge < -0.3 is 15.0 Å². The van der Waals surface area contributed by atoms with Crippen molar-refractivity contribution in [2.45, 2.75) is 32.7 Å². The minimum atomic E-state index is 0.110. The van der Waals surface area contributed by atoms with Crippen LogP contribution in [0.2, 0.25) is 0 Å². The molecule has 0 spiro atoms. The average Bonchev–Trinajstić information content (AvgIpc) is 2.48. The van der Waals surface area contributed by atoms with Crippen LogP contribution in [0.4, 0.5) is 0 Å². The van der Waals surface area contributed by atoms with Gasteiger partial charge in [-0.25, -0.2) is 0 Å². The first-order valence-corrected chi connectivity index (χ1v) is 7.47. The summed E-state index contributed by atoms with van der Waals surface area (Å²) in [4.78, 5) is 14.4. The van der Waals surface area contributed by atoms with Crippen molar-refractivity contribution in [3.63, 3.8) is 0 Å². The smallest absolute Gasteiger partial charge is 0.254 e. The molecule has 1 aliphatic heterocycles. The summed E-state index contributed by atoms with van der Waals surface area (Å²) in [6.45, 7) is 7.46. The third kappa shape index (κ3) is 3.73. The van der Waals surface area contributed by atoms with E-state index >= 15 is 0 Å². The molecule has 2 rings (SSSR count). The van der Waals surface area contributed by atoms with Crippen LogP contribution in [-0.2, 0) is 0 Å². The summed E-state index contributed by atoms with van der Waals surface area (Å²) in [5, 5.41) is 3.29. The molecule has 1 saturated heterocycles. The summed E-state index contributed by atoms with van der Waals surface area (Å²) in [6, 6.07) is 7.74. The van der Waals surface area contributed by atoms with E-state index in [9.17, 15) is 4.79 Å². The standard InChI is InChI=1S/C16H24N2O2/c1-3-4-11-20-15-7-5-14(6-8-15)16(19)18-10-9-17-12-13(18)2/h5-8,13,17H,3-4,9-12H2,1-2H3/t13-/m0/s1. The first kappa shape index (κ1) is 14.9. The number of carbonyl (C=O) groups excluding carboxylic acids is 1. The van der Waals surface area contributed by atoms with Crippen molar-refractivity contribution in [1.82, 2.24) is 10.2 Å². The van der Waals surface area contributed by atoms with Crippen LogP contribution < -0.4 is 10.1 Å². The van der Waals surface area contributed by atoms with Gasteiger partial charge in [0.05, 0.1) is 6.61 Å². The van der Waals surface area contributed by atoms with Crippen molar-refractivity contribution in [2.75, 3.05) is 26.2 Å². The molecule has 1 amide bonds. The zero-order chi connectivity index (χ0) is 14.4. The Hall–Kier alpha value is -1.55. The molecule has 0 radical (unpaired) electrons. The van der Waals surface area contributed by atoms with Gasteiger partial charge >= 0.3 is 0 Å². The Morgan fingerprint density at radius 1 is 1.40 bits per heavy atom. The third-order valence-corrected chi connectivity index (χ3v) is 3.63. The van der Waals surface area contributed by atoms with Crippen molar-refractivity contribution in [3.8, 4) is 5.75 Å². The number of carbonyl (C=O) groups is 1. The van der Waals surface area contributed by atoms with Gasteiger partial charge in [-0.2, -0.15) is 0 Å². The fourth-order valence-corrected chi connectivity index (χ4v) is 2.34. The SMILES string of the molecule is CCCCOc1ccc(C(=O)N2CCNC[C@@H]2C)cc1. The fourth-order valence-electron chi connectivity index (χ4n) is 2.34. The molecule has 0 aliphatic carbocycles. The van der Waals surface area contributed by atoms with Gasteiger partial charge in [0.25, 0.3) is 5.91 Å². The molecular weight excluding hydrogens is 252 g/mol. The minimum absolute atomic E-state index is 0.110. The molecule has 1 fully saturated rings. The molecule has 0 bridgehead atoms. The Morgan fingerprint density at radius 3 is 2.80 bits per heavy atom. The van der Waals surface area contributed by atoms with Crippen LogP contribution in [0.3, 0.4) is 0 Å². The lowest BCUT2D eigenvalue weighted by Gasteiger charge is -2.34. The molecule has 1 aromatic rings. The summed E-state index contributed by atoms with van der Waals surface area (Å²) in [7, 11) is 0. The molecule has 1 N–H and O–H groups in total. The number of unbranched alkanes of at least 4 members (excludes halogenated alkanes) is 1. The molecule has 20 heavy (non-hydrogen) atoms. The van der Waals surface area contributed by atoms with Gasteiger partial charge in [0.1, 0.15) is 5.75 Å². The number of hydrogen-bond acceptors (Lipinski definition) is 3. The molecule has 1 aliphatic rings. The van der Waals surface area contributed by atoms with E-state index in [1.54, 1.807) is 0 Å². The van der Waals surface area contributed by atoms with E-state index in [4.69, 9.17) is 4.74 Å². The van der Waals surface area contributed by atoms with E-state index in [-0.39, 0.29) is 11.9 Å². The second-order valence-electron chi connectivity index (χ2n) is 5.28. The van der Waals surface area contributed by atoms with E-state index in [2.05, 4.69) is 19.2 Å². The van der Waals surface area contributed by atoms with Gasteiger partial charge in [0.2, 0.25) is 0 Å². The van der Waals surface area contributed by atoms with E-state index in [0.29, 0.717) is 0 Å². The van der Waals surface area contributed by atoms with Gasteiger partial charge in [0.15, 0.2) is 0 Å². The van der Waals surface area contributed by atoms with Gasteiger partial charge in [0, 0.05) is 31.2 Å². The number of amides is 1. The maximum Gasteiger partial charge on any atom is 0.254 e. The van der Waals surface area contributed by atoms with Crippen LogP contribution in [0.1, 0.15) is 37.0 Å². The molecule has 1 heterocycles. The minimum Gasteiger partial charge on any atom is -0.494 e. The summed E-state index contributed by atoms with van der Waals surface area (Å²) in [5.74, 6) is 0.947. The van der Waals surface area contributed by atoms with Crippen LogP contribution in [0.15, 0.2) is 24.3 Å². The molecular formula is C16H24N2O2. The van der Waals surface area contributed by atoms with Gasteiger partial charge in [-0.15, -0.1) is 0 Å². The lowest BCUT2D eigenvalue weighted by molar-refractivity contribution is 0.0655. The molecule has 1 aromatic carbocycles. The monoisotopic (exact) mass is 276 g/mol.